The fraction of sp³-hybridized carbons (Fsp3) is 0.368. The Labute approximate surface area is 190 Å². The van der Waals surface area contributed by atoms with E-state index in [1.165, 1.54) is 16.7 Å². The Balaban J connectivity index is 1.33. The number of β-lactam (4-membered cyclic amide) rings is 1. The molecule has 0 spiro atoms. The second-order valence-electron chi connectivity index (χ2n) is 7.38. The van der Waals surface area contributed by atoms with Crippen LogP contribution in [0.15, 0.2) is 46.7 Å². The van der Waals surface area contributed by atoms with Crippen LogP contribution in [0.5, 0.6) is 0 Å². The van der Waals surface area contributed by atoms with Crippen molar-refractivity contribution in [3.05, 3.63) is 47.2 Å². The van der Waals surface area contributed by atoms with Crippen molar-refractivity contribution < 1.29 is 19.5 Å². The largest absolute Gasteiger partial charge is 0.477 e. The minimum Gasteiger partial charge on any atom is -0.477 e. The van der Waals surface area contributed by atoms with Crippen LogP contribution in [0.1, 0.15) is 18.5 Å². The number of hydrogen-bond donors (Lipinski definition) is 3. The number of benzene rings is 1. The second kappa shape index (κ2) is 7.76. The third-order valence-electron chi connectivity index (χ3n) is 5.47. The smallest absolute Gasteiger partial charge is 0.352 e. The molecule has 4 N–H and O–H groups in total. The molecule has 5 atom stereocenters. The molecule has 31 heavy (non-hydrogen) atoms. The molecule has 4 heterocycles. The van der Waals surface area contributed by atoms with E-state index >= 15 is 0 Å². The van der Waals surface area contributed by atoms with Crippen LogP contribution >= 0.6 is 35.3 Å². The summed E-state index contributed by atoms with van der Waals surface area (Å²) in [4.78, 5) is 38.8. The van der Waals surface area contributed by atoms with Gasteiger partial charge < -0.3 is 16.2 Å². The van der Waals surface area contributed by atoms with E-state index in [1.807, 2.05) is 18.0 Å². The van der Waals surface area contributed by atoms with Crippen molar-refractivity contribution in [1.82, 2.24) is 15.2 Å². The molecule has 12 heteroatoms. The SMILES string of the molecule is CC1=NN2C(S1)SC2C1=C(C(=O)O)N2C(=O)C(NC(=O)C(N)c3ccccc3)[C@@H]2SC1. The zero-order valence-electron chi connectivity index (χ0n) is 16.3. The minimum atomic E-state index is -1.14. The summed E-state index contributed by atoms with van der Waals surface area (Å²) in [6, 6.07) is 7.19. The van der Waals surface area contributed by atoms with Gasteiger partial charge in [0.05, 0.1) is 5.04 Å². The molecular weight excluding hydrogens is 458 g/mol. The third-order valence-corrected chi connectivity index (χ3v) is 9.44. The molecule has 1 aromatic rings. The summed E-state index contributed by atoms with van der Waals surface area (Å²) in [6.07, 6.45) is 0. The van der Waals surface area contributed by atoms with Crippen molar-refractivity contribution in [2.24, 2.45) is 10.8 Å². The monoisotopic (exact) mass is 477 g/mol. The molecule has 0 bridgehead atoms. The predicted molar refractivity (Wildman–Crippen MR) is 121 cm³/mol. The molecule has 0 saturated carbocycles. The number of nitrogens with two attached hydrogens (primary N) is 1. The number of thioether (sulfide) groups is 3. The first-order chi connectivity index (χ1) is 14.9. The average molecular weight is 478 g/mol. The van der Waals surface area contributed by atoms with Crippen LogP contribution in [-0.2, 0) is 14.4 Å². The van der Waals surface area contributed by atoms with E-state index in [2.05, 4.69) is 10.4 Å². The maximum Gasteiger partial charge on any atom is 0.352 e. The van der Waals surface area contributed by atoms with Gasteiger partial charge in [-0.3, -0.25) is 19.5 Å². The Kier molecular flexibility index (Phi) is 5.19. The highest BCUT2D eigenvalue weighted by atomic mass is 32.2. The molecule has 0 aromatic heterocycles. The highest BCUT2D eigenvalue weighted by Gasteiger charge is 2.57. The van der Waals surface area contributed by atoms with Gasteiger partial charge in [-0.25, -0.2) is 4.79 Å². The zero-order valence-corrected chi connectivity index (χ0v) is 18.7. The lowest BCUT2D eigenvalue weighted by atomic mass is 10.0. The molecule has 2 fully saturated rings. The first kappa shape index (κ1) is 20.7. The average Bonchev–Trinajstić information content (AvgIpc) is 3.05. The Hall–Kier alpha value is -2.15. The molecule has 4 unspecified atom stereocenters. The number of nitrogens with one attached hydrogen (secondary N) is 1. The van der Waals surface area contributed by atoms with E-state index in [0.29, 0.717) is 16.9 Å². The number of carbonyl (C=O) groups excluding carboxylic acids is 2. The van der Waals surface area contributed by atoms with Crippen LogP contribution < -0.4 is 11.1 Å². The summed E-state index contributed by atoms with van der Waals surface area (Å²) >= 11 is 4.72. The van der Waals surface area contributed by atoms with Gasteiger partial charge in [-0.2, -0.15) is 5.10 Å². The maximum absolute atomic E-state index is 12.9. The molecule has 1 aromatic carbocycles. The molecule has 4 aliphatic heterocycles. The number of nitrogens with zero attached hydrogens (tertiary/aromatic N) is 3. The van der Waals surface area contributed by atoms with E-state index in [1.54, 1.807) is 47.8 Å². The summed E-state index contributed by atoms with van der Waals surface area (Å²) in [5.41, 5.74) is 7.36. The molecule has 4 aliphatic rings. The summed E-state index contributed by atoms with van der Waals surface area (Å²) in [5.74, 6) is -1.59. The molecule has 5 rings (SSSR count). The van der Waals surface area contributed by atoms with Gasteiger partial charge in [-0.15, -0.1) is 11.8 Å². The highest BCUT2D eigenvalue weighted by molar-refractivity contribution is 8.26. The molecule has 0 aliphatic carbocycles. The standard InChI is InChI=1S/C19H19N5O4S3/c1-8-22-24-16(31-19(24)30-8)10-7-29-17-12(15(26)23(17)13(10)18(27)28)21-14(25)11(20)9-5-3-2-4-6-9/h2-6,11-12,16-17,19H,7,20H2,1H3,(H,21,25)(H,27,28)/t11?,12?,16?,17-,19?/m0/s1. The highest BCUT2D eigenvalue weighted by Crippen LogP contribution is 2.54. The van der Waals surface area contributed by atoms with Gasteiger partial charge in [0, 0.05) is 11.3 Å². The summed E-state index contributed by atoms with van der Waals surface area (Å²) in [5, 5.41) is 19.2. The predicted octanol–water partition coefficient (Wildman–Crippen LogP) is 1.16. The van der Waals surface area contributed by atoms with E-state index in [9.17, 15) is 19.5 Å². The van der Waals surface area contributed by atoms with Gasteiger partial charge in [-0.05, 0) is 12.5 Å². The number of carboxylic acids is 1. The maximum atomic E-state index is 12.9. The Morgan fingerprint density at radius 3 is 2.74 bits per heavy atom. The third kappa shape index (κ3) is 3.32. The Morgan fingerprint density at radius 1 is 1.32 bits per heavy atom. The number of fused-ring (bicyclic) bond motifs is 2. The van der Waals surface area contributed by atoms with Crippen LogP contribution in [0.4, 0.5) is 0 Å². The number of hydrogen-bond acceptors (Lipinski definition) is 9. The van der Waals surface area contributed by atoms with E-state index in [-0.39, 0.29) is 15.8 Å². The number of carbonyl (C=O) groups is 3. The lowest BCUT2D eigenvalue weighted by Gasteiger charge is -2.52. The van der Waals surface area contributed by atoms with Crippen LogP contribution in [0.3, 0.4) is 0 Å². The van der Waals surface area contributed by atoms with E-state index in [4.69, 9.17) is 5.73 Å². The fourth-order valence-corrected chi connectivity index (χ4v) is 8.13. The van der Waals surface area contributed by atoms with E-state index < -0.39 is 35.2 Å². The first-order valence-corrected chi connectivity index (χ1v) is 12.4. The molecular formula is C19H19N5O4S3. The molecule has 9 nitrogen and oxygen atoms in total. The van der Waals surface area contributed by atoms with Gasteiger partial charge in [0.15, 0.2) is 0 Å². The molecule has 0 radical (unpaired) electrons. The van der Waals surface area contributed by atoms with Crippen LogP contribution in [0, 0.1) is 0 Å². The molecule has 2 saturated heterocycles. The fourth-order valence-electron chi connectivity index (χ4n) is 3.93. The quantitative estimate of drug-likeness (QED) is 0.535. The van der Waals surface area contributed by atoms with Gasteiger partial charge in [0.1, 0.15) is 33.2 Å². The van der Waals surface area contributed by atoms with Crippen molar-refractivity contribution in [3.63, 3.8) is 0 Å². The normalized spacial score (nSPS) is 30.0. The lowest BCUT2D eigenvalue weighted by molar-refractivity contribution is -0.151. The van der Waals surface area contributed by atoms with Crippen molar-refractivity contribution in [2.75, 3.05) is 5.75 Å². The summed E-state index contributed by atoms with van der Waals surface area (Å²) < 4.78 is 0.161. The van der Waals surface area contributed by atoms with E-state index in [0.717, 1.165) is 5.04 Å². The van der Waals surface area contributed by atoms with Gasteiger partial charge in [-0.1, -0.05) is 53.9 Å². The Morgan fingerprint density at radius 2 is 2.06 bits per heavy atom. The molecule has 2 amide bonds. The summed E-state index contributed by atoms with van der Waals surface area (Å²) in [7, 11) is 0. The van der Waals surface area contributed by atoms with Crippen molar-refractivity contribution in [1.29, 1.82) is 0 Å². The van der Waals surface area contributed by atoms with Gasteiger partial charge in [0.2, 0.25) is 5.91 Å². The topological polar surface area (TPSA) is 128 Å². The van der Waals surface area contributed by atoms with Crippen molar-refractivity contribution >= 4 is 58.1 Å². The zero-order chi connectivity index (χ0) is 21.9. The van der Waals surface area contributed by atoms with Crippen LogP contribution in [0.2, 0.25) is 0 Å². The Bertz CT molecular complexity index is 1030. The van der Waals surface area contributed by atoms with Gasteiger partial charge in [0.25, 0.3) is 5.91 Å². The van der Waals surface area contributed by atoms with Crippen LogP contribution in [-0.4, -0.2) is 65.1 Å². The number of aliphatic carboxylic acids is 1. The van der Waals surface area contributed by atoms with Gasteiger partial charge >= 0.3 is 5.97 Å². The van der Waals surface area contributed by atoms with Crippen molar-refractivity contribution in [3.8, 4) is 0 Å². The number of carboxylic acid groups (broad SMARTS) is 1. The lowest BCUT2D eigenvalue weighted by Crippen LogP contribution is -2.71. The van der Waals surface area contributed by atoms with Crippen molar-refractivity contribution in [2.45, 2.75) is 34.5 Å². The number of rotatable bonds is 5. The number of amides is 2. The van der Waals surface area contributed by atoms with Crippen LogP contribution in [0.25, 0.3) is 0 Å². The minimum absolute atomic E-state index is 0.00677. The second-order valence-corrected chi connectivity index (χ2v) is 11.2. The molecule has 162 valence electrons. The summed E-state index contributed by atoms with van der Waals surface area (Å²) in [6.45, 7) is 1.92. The first-order valence-electron chi connectivity index (χ1n) is 9.54. The number of hydrazone groups is 1.